The summed E-state index contributed by atoms with van der Waals surface area (Å²) in [6.45, 7) is 11.2. The van der Waals surface area contributed by atoms with Crippen LogP contribution < -0.4 is 25.0 Å². The highest BCUT2D eigenvalue weighted by atomic mass is 19.1. The summed E-state index contributed by atoms with van der Waals surface area (Å²) in [4.78, 5) is 39.3. The number of amides is 1. The van der Waals surface area contributed by atoms with Gasteiger partial charge in [-0.05, 0) is 84.8 Å². The van der Waals surface area contributed by atoms with E-state index in [1.165, 1.54) is 37.0 Å². The molecule has 1 aromatic carbocycles. The van der Waals surface area contributed by atoms with Crippen LogP contribution in [0.2, 0.25) is 0 Å². The smallest absolute Gasteiger partial charge is 0.257 e. The maximum absolute atomic E-state index is 14.3. The molecule has 2 aliphatic heterocycles. The fourth-order valence-electron chi connectivity index (χ4n) is 6.91. The predicted octanol–water partition coefficient (Wildman–Crippen LogP) is 4.72. The van der Waals surface area contributed by atoms with Gasteiger partial charge in [-0.3, -0.25) is 9.78 Å². The molecule has 1 atom stereocenters. The van der Waals surface area contributed by atoms with Gasteiger partial charge in [-0.1, -0.05) is 0 Å². The Kier molecular flexibility index (Phi) is 11.0. The molecule has 1 saturated heterocycles. The van der Waals surface area contributed by atoms with Gasteiger partial charge in [-0.15, -0.1) is 0 Å². The number of pyridine rings is 1. The number of carbonyl (C=O) groups is 2. The van der Waals surface area contributed by atoms with Crippen molar-refractivity contribution < 1.29 is 23.5 Å². The van der Waals surface area contributed by atoms with Gasteiger partial charge in [0.25, 0.3) is 5.91 Å². The highest BCUT2D eigenvalue weighted by molar-refractivity contribution is 5.97. The summed E-state index contributed by atoms with van der Waals surface area (Å²) in [5.41, 5.74) is 2.69. The second-order valence-electron chi connectivity index (χ2n) is 12.7. The standard InChI is InChI=1S/C33H42FN7O3.C2H4O/c1-5-41(21(2)3)32(42)24-14-22(34)6-7-27(24)44-29-17-36-20-39-31(29)40-18-33(19-40)15-23(16-33)43-28-10-13-38-26-9-12-37-25(30(26)28)8-11-35-4;1-2-3/h6-7,10,13-14,17,20-21,23,25,35,37H,5,8-9,11-12,15-16,18-19H2,1-4H3;2H,1H3. The van der Waals surface area contributed by atoms with Crippen molar-refractivity contribution in [1.82, 2.24) is 30.5 Å². The van der Waals surface area contributed by atoms with Crippen LogP contribution in [-0.4, -0.2) is 84.0 Å². The van der Waals surface area contributed by atoms with E-state index in [9.17, 15) is 9.18 Å². The number of nitrogens with zero attached hydrogens (tertiary/aromatic N) is 5. The van der Waals surface area contributed by atoms with Crippen LogP contribution in [0.15, 0.2) is 43.0 Å². The fourth-order valence-corrected chi connectivity index (χ4v) is 6.91. The van der Waals surface area contributed by atoms with Crippen molar-refractivity contribution in [3.8, 4) is 17.2 Å². The van der Waals surface area contributed by atoms with E-state index in [4.69, 9.17) is 14.3 Å². The zero-order valence-electron chi connectivity index (χ0n) is 28.0. The lowest BCUT2D eigenvalue weighted by Gasteiger charge is -2.59. The highest BCUT2D eigenvalue weighted by Crippen LogP contribution is 2.52. The zero-order chi connectivity index (χ0) is 33.6. The molecule has 12 heteroatoms. The zero-order valence-corrected chi connectivity index (χ0v) is 28.0. The maximum Gasteiger partial charge on any atom is 0.257 e. The molecule has 3 aromatic rings. The van der Waals surface area contributed by atoms with Crippen molar-refractivity contribution in [3.05, 3.63) is 65.6 Å². The Morgan fingerprint density at radius 1 is 1.21 bits per heavy atom. The number of aldehydes is 1. The molecule has 2 N–H and O–H groups in total. The molecule has 1 unspecified atom stereocenters. The van der Waals surface area contributed by atoms with Crippen molar-refractivity contribution in [2.75, 3.05) is 44.7 Å². The summed E-state index contributed by atoms with van der Waals surface area (Å²) < 4.78 is 27.1. The molecule has 252 valence electrons. The Labute approximate surface area is 276 Å². The Bertz CT molecular complexity index is 1540. The highest BCUT2D eigenvalue weighted by Gasteiger charge is 2.54. The molecule has 4 heterocycles. The van der Waals surface area contributed by atoms with Crippen molar-refractivity contribution in [1.29, 1.82) is 0 Å². The van der Waals surface area contributed by atoms with Gasteiger partial charge in [0.05, 0.1) is 17.5 Å². The van der Waals surface area contributed by atoms with Gasteiger partial charge in [0.15, 0.2) is 11.6 Å². The van der Waals surface area contributed by atoms with Crippen molar-refractivity contribution in [2.45, 2.75) is 71.6 Å². The van der Waals surface area contributed by atoms with Crippen LogP contribution >= 0.6 is 0 Å². The fraction of sp³-hybridized carbons (Fsp3) is 0.514. The third-order valence-corrected chi connectivity index (χ3v) is 9.06. The van der Waals surface area contributed by atoms with E-state index < -0.39 is 5.82 Å². The topological polar surface area (TPSA) is 122 Å². The number of rotatable bonds is 11. The first kappa shape index (κ1) is 34.2. The van der Waals surface area contributed by atoms with E-state index in [1.807, 2.05) is 40.1 Å². The van der Waals surface area contributed by atoms with E-state index in [-0.39, 0.29) is 40.8 Å². The summed E-state index contributed by atoms with van der Waals surface area (Å²) in [5.74, 6) is 1.56. The number of ether oxygens (including phenoxy) is 2. The lowest BCUT2D eigenvalue weighted by atomic mass is 9.61. The second kappa shape index (κ2) is 15.2. The molecule has 3 aliphatic rings. The molecule has 1 spiro atoms. The van der Waals surface area contributed by atoms with Gasteiger partial charge in [0.2, 0.25) is 0 Å². The Balaban J connectivity index is 0.00000139. The minimum Gasteiger partial charge on any atom is -0.490 e. The first-order valence-electron chi connectivity index (χ1n) is 16.5. The first-order valence-corrected chi connectivity index (χ1v) is 16.5. The molecule has 11 nitrogen and oxygen atoms in total. The molecular weight excluding hydrogens is 601 g/mol. The number of fused-ring (bicyclic) bond motifs is 1. The average molecular weight is 648 g/mol. The van der Waals surface area contributed by atoms with Gasteiger partial charge in [-0.2, -0.15) is 0 Å². The van der Waals surface area contributed by atoms with Crippen LogP contribution in [0, 0.1) is 11.2 Å². The number of carbonyl (C=O) groups excluding carboxylic acids is 2. The summed E-state index contributed by atoms with van der Waals surface area (Å²) >= 11 is 0. The number of halogens is 1. The number of aromatic nitrogens is 3. The molecule has 6 rings (SSSR count). The van der Waals surface area contributed by atoms with E-state index in [2.05, 4.69) is 30.5 Å². The third kappa shape index (κ3) is 7.54. The van der Waals surface area contributed by atoms with Crippen LogP contribution in [0.5, 0.6) is 17.2 Å². The van der Waals surface area contributed by atoms with Gasteiger partial charge >= 0.3 is 0 Å². The molecule has 1 aliphatic carbocycles. The van der Waals surface area contributed by atoms with E-state index in [0.29, 0.717) is 18.1 Å². The number of benzene rings is 1. The van der Waals surface area contributed by atoms with Crippen LogP contribution in [0.1, 0.15) is 74.6 Å². The molecule has 2 aromatic heterocycles. The van der Waals surface area contributed by atoms with Crippen molar-refractivity contribution in [3.63, 3.8) is 0 Å². The minimum absolute atomic E-state index is 0.0350. The monoisotopic (exact) mass is 647 g/mol. The normalized spacial score (nSPS) is 17.9. The molecular formula is C35H46FN7O4. The van der Waals surface area contributed by atoms with E-state index in [1.54, 1.807) is 11.1 Å². The van der Waals surface area contributed by atoms with Crippen LogP contribution in [-0.2, 0) is 11.2 Å². The van der Waals surface area contributed by atoms with Gasteiger partial charge in [0, 0.05) is 61.9 Å². The maximum atomic E-state index is 14.3. The second-order valence-corrected chi connectivity index (χ2v) is 12.7. The number of hydrogen-bond acceptors (Lipinski definition) is 10. The molecule has 47 heavy (non-hydrogen) atoms. The van der Waals surface area contributed by atoms with E-state index in [0.717, 1.165) is 69.6 Å². The largest absolute Gasteiger partial charge is 0.490 e. The van der Waals surface area contributed by atoms with Crippen LogP contribution in [0.25, 0.3) is 0 Å². The average Bonchev–Trinajstić information content (AvgIpc) is 3.02. The number of anilines is 1. The lowest BCUT2D eigenvalue weighted by molar-refractivity contribution is -0.106. The number of hydrogen-bond donors (Lipinski definition) is 2. The van der Waals surface area contributed by atoms with Crippen LogP contribution in [0.4, 0.5) is 10.2 Å². The molecule has 2 fully saturated rings. The summed E-state index contributed by atoms with van der Waals surface area (Å²) in [7, 11) is 1.98. The van der Waals surface area contributed by atoms with Gasteiger partial charge < -0.3 is 34.7 Å². The van der Waals surface area contributed by atoms with E-state index >= 15 is 0 Å². The third-order valence-electron chi connectivity index (χ3n) is 9.06. The first-order chi connectivity index (χ1) is 22.7. The molecule has 1 amide bonds. The summed E-state index contributed by atoms with van der Waals surface area (Å²) in [5, 5.41) is 6.89. The summed E-state index contributed by atoms with van der Waals surface area (Å²) in [6.07, 6.45) is 9.71. The predicted molar refractivity (Wildman–Crippen MR) is 178 cm³/mol. The summed E-state index contributed by atoms with van der Waals surface area (Å²) in [6, 6.07) is 6.25. The molecule has 0 radical (unpaired) electrons. The van der Waals surface area contributed by atoms with Gasteiger partial charge in [-0.25, -0.2) is 14.4 Å². The Hall–Kier alpha value is -4.16. The number of nitrogens with one attached hydrogen (secondary N) is 2. The van der Waals surface area contributed by atoms with Crippen molar-refractivity contribution in [2.24, 2.45) is 5.41 Å². The van der Waals surface area contributed by atoms with Gasteiger partial charge in [0.1, 0.15) is 36.0 Å². The van der Waals surface area contributed by atoms with Crippen LogP contribution in [0.3, 0.4) is 0 Å². The SMILES string of the molecule is CC=O.CCN(C(=O)c1cc(F)ccc1Oc1cncnc1N1CC2(CC(Oc3ccnc4c3C(CCNC)NCC4)C2)C1)C(C)C. The lowest BCUT2D eigenvalue weighted by Crippen LogP contribution is -2.65. The van der Waals surface area contributed by atoms with Crippen molar-refractivity contribution >= 4 is 18.0 Å². The Morgan fingerprint density at radius 2 is 1.98 bits per heavy atom. The molecule has 0 bridgehead atoms. The minimum atomic E-state index is -0.492. The molecule has 1 saturated carbocycles. The quantitative estimate of drug-likeness (QED) is 0.283. The Morgan fingerprint density at radius 3 is 2.68 bits per heavy atom.